The third-order valence-electron chi connectivity index (χ3n) is 9.74. The van der Waals surface area contributed by atoms with Gasteiger partial charge in [0.2, 0.25) is 29.5 Å². The van der Waals surface area contributed by atoms with Crippen LogP contribution < -0.4 is 45.0 Å². The van der Waals surface area contributed by atoms with Crippen LogP contribution in [-0.4, -0.2) is 134 Å². The lowest BCUT2D eigenvalue weighted by molar-refractivity contribution is -0.135. The van der Waals surface area contributed by atoms with Gasteiger partial charge in [0.1, 0.15) is 0 Å². The van der Waals surface area contributed by atoms with Crippen molar-refractivity contribution in [3.05, 3.63) is 24.3 Å². The molecule has 5 amide bonds. The predicted molar refractivity (Wildman–Crippen MR) is 235 cm³/mol. The van der Waals surface area contributed by atoms with Crippen LogP contribution in [0, 0.1) is 0 Å². The van der Waals surface area contributed by atoms with Gasteiger partial charge in [0, 0.05) is 65.2 Å². The number of hydrogen-bond acceptors (Lipinski definition) is 11. The summed E-state index contributed by atoms with van der Waals surface area (Å²) < 4.78 is 0. The number of hydrogen-bond donors (Lipinski definition) is 8. The Labute approximate surface area is 350 Å². The zero-order valence-corrected chi connectivity index (χ0v) is 36.2. The van der Waals surface area contributed by atoms with Crippen molar-refractivity contribution in [2.75, 3.05) is 72.0 Å². The van der Waals surface area contributed by atoms with E-state index in [-0.39, 0.29) is 29.5 Å². The quantitative estimate of drug-likeness (QED) is 0.0327. The maximum absolute atomic E-state index is 13.6. The van der Waals surface area contributed by atoms with Crippen molar-refractivity contribution in [1.82, 2.24) is 25.3 Å². The highest BCUT2D eigenvalue weighted by Gasteiger charge is 2.24. The largest absolute Gasteiger partial charge is 0.356 e. The van der Waals surface area contributed by atoms with Crippen LogP contribution in [0.4, 0.5) is 0 Å². The zero-order chi connectivity index (χ0) is 43.4. The molecule has 0 fully saturated rings. The number of nitrogens with zero attached hydrogens (tertiary/aromatic N) is 3. The van der Waals surface area contributed by atoms with Crippen molar-refractivity contribution in [1.29, 1.82) is 0 Å². The van der Waals surface area contributed by atoms with Crippen LogP contribution >= 0.6 is 0 Å². The minimum atomic E-state index is -0.705. The van der Waals surface area contributed by atoms with E-state index in [9.17, 15) is 24.0 Å². The molecule has 0 aliphatic carbocycles. The molecule has 0 heterocycles. The summed E-state index contributed by atoms with van der Waals surface area (Å²) in [5.41, 5.74) is 35.9. The SMILES string of the molecule is CC/C=C\CCC(=O)NCCCN(CCCCN(CCCN(CCCNC(=O)CC/C=C\CC)C(=O)[C@@H](N)CCCN)C(=O)[C@@H](N)CCCN)C(=O)[C@@H](N)CCCN. The first kappa shape index (κ1) is 54.6. The van der Waals surface area contributed by atoms with Crippen molar-refractivity contribution in [2.45, 2.75) is 141 Å². The highest BCUT2D eigenvalue weighted by Crippen LogP contribution is 2.10. The van der Waals surface area contributed by atoms with Crippen LogP contribution in [0.2, 0.25) is 0 Å². The molecule has 0 aromatic rings. The maximum atomic E-state index is 13.6. The zero-order valence-electron chi connectivity index (χ0n) is 36.2. The van der Waals surface area contributed by atoms with Gasteiger partial charge in [-0.25, -0.2) is 0 Å². The Morgan fingerprint density at radius 2 is 0.776 bits per heavy atom. The second-order valence-electron chi connectivity index (χ2n) is 14.9. The summed E-state index contributed by atoms with van der Waals surface area (Å²) in [5.74, 6) is -0.570. The van der Waals surface area contributed by atoms with Crippen LogP contribution in [0.15, 0.2) is 24.3 Å². The Balaban J connectivity index is 5.57. The Morgan fingerprint density at radius 3 is 1.09 bits per heavy atom. The molecule has 0 aliphatic rings. The van der Waals surface area contributed by atoms with Gasteiger partial charge in [-0.3, -0.25) is 24.0 Å². The Hall–Kier alpha value is -3.41. The summed E-state index contributed by atoms with van der Waals surface area (Å²) in [4.78, 5) is 70.1. The molecule has 16 nitrogen and oxygen atoms in total. The molecule has 0 aromatic heterocycles. The fraction of sp³-hybridized carbons (Fsp3) is 0.786. The summed E-state index contributed by atoms with van der Waals surface area (Å²) in [5, 5.41) is 5.87. The lowest BCUT2D eigenvalue weighted by Gasteiger charge is -2.30. The summed E-state index contributed by atoms with van der Waals surface area (Å²) >= 11 is 0. The average molecular weight is 822 g/mol. The predicted octanol–water partition coefficient (Wildman–Crippen LogP) is 1.35. The van der Waals surface area contributed by atoms with Crippen LogP contribution in [-0.2, 0) is 24.0 Å². The van der Waals surface area contributed by atoms with Gasteiger partial charge in [-0.15, -0.1) is 0 Å². The van der Waals surface area contributed by atoms with Crippen molar-refractivity contribution >= 4 is 29.5 Å². The molecule has 336 valence electrons. The third kappa shape index (κ3) is 27.3. The van der Waals surface area contributed by atoms with E-state index in [1.54, 1.807) is 14.7 Å². The smallest absolute Gasteiger partial charge is 0.239 e. The van der Waals surface area contributed by atoms with Crippen molar-refractivity contribution in [3.8, 4) is 0 Å². The standard InChI is InChI=1S/C42H83N11O5/c1-3-5-7-9-22-38(54)49-27-16-31-51(40(56)35(46)19-13-24-43)29-11-12-30-52(41(57)36(47)20-14-25-44)33-18-34-53(42(58)37(48)21-15-26-45)32-17-28-50-39(55)23-10-8-6-4-2/h5-8,35-37H,3-4,9-34,43-48H2,1-2H3,(H,49,54)(H,50,55)/b7-5-,8-6-/t35-,36-,37-/m0/s1. The van der Waals surface area contributed by atoms with Gasteiger partial charge in [0.25, 0.3) is 0 Å². The van der Waals surface area contributed by atoms with Crippen LogP contribution in [0.25, 0.3) is 0 Å². The van der Waals surface area contributed by atoms with Gasteiger partial charge >= 0.3 is 0 Å². The second kappa shape index (κ2) is 36.7. The van der Waals surface area contributed by atoms with Gasteiger partial charge in [0.15, 0.2) is 0 Å². The maximum Gasteiger partial charge on any atom is 0.239 e. The Kier molecular flexibility index (Phi) is 34.5. The molecule has 0 radical (unpaired) electrons. The molecule has 0 spiro atoms. The number of amides is 5. The first-order chi connectivity index (χ1) is 28.0. The molecule has 0 saturated heterocycles. The molecule has 16 heteroatoms. The minimum Gasteiger partial charge on any atom is -0.356 e. The highest BCUT2D eigenvalue weighted by atomic mass is 16.2. The minimum absolute atomic E-state index is 0.0235. The van der Waals surface area contributed by atoms with E-state index >= 15 is 0 Å². The molecule has 14 N–H and O–H groups in total. The summed E-state index contributed by atoms with van der Waals surface area (Å²) in [6.45, 7) is 8.75. The van der Waals surface area contributed by atoms with E-state index < -0.39 is 18.1 Å². The summed E-state index contributed by atoms with van der Waals surface area (Å²) in [6, 6.07) is -2.06. The lowest BCUT2D eigenvalue weighted by Crippen LogP contribution is -2.48. The molecule has 58 heavy (non-hydrogen) atoms. The number of unbranched alkanes of at least 4 members (excludes halogenated alkanes) is 1. The topological polar surface area (TPSA) is 275 Å². The van der Waals surface area contributed by atoms with E-state index in [2.05, 4.69) is 10.6 Å². The monoisotopic (exact) mass is 822 g/mol. The van der Waals surface area contributed by atoms with Crippen LogP contribution in [0.3, 0.4) is 0 Å². The van der Waals surface area contributed by atoms with Gasteiger partial charge in [-0.2, -0.15) is 0 Å². The molecule has 0 rings (SSSR count). The molecule has 3 atom stereocenters. The van der Waals surface area contributed by atoms with Gasteiger partial charge < -0.3 is 59.7 Å². The van der Waals surface area contributed by atoms with E-state index in [1.165, 1.54) is 0 Å². The van der Waals surface area contributed by atoms with Crippen molar-refractivity contribution in [3.63, 3.8) is 0 Å². The number of nitrogens with two attached hydrogens (primary N) is 6. The fourth-order valence-corrected chi connectivity index (χ4v) is 6.31. The van der Waals surface area contributed by atoms with Gasteiger partial charge in [-0.1, -0.05) is 38.2 Å². The van der Waals surface area contributed by atoms with Crippen molar-refractivity contribution < 1.29 is 24.0 Å². The molecule has 0 aliphatic heterocycles. The number of allylic oxidation sites excluding steroid dienone is 4. The van der Waals surface area contributed by atoms with Gasteiger partial charge in [-0.05, 0) is 116 Å². The molecule has 0 bridgehead atoms. The summed E-state index contributed by atoms with van der Waals surface area (Å²) in [6.07, 6.45) is 18.3. The molecular formula is C42H83N11O5. The van der Waals surface area contributed by atoms with E-state index in [0.717, 1.165) is 12.8 Å². The number of rotatable bonds is 37. The highest BCUT2D eigenvalue weighted by molar-refractivity contribution is 5.83. The average Bonchev–Trinajstić information content (AvgIpc) is 3.22. The number of carbonyl (C=O) groups is 5. The van der Waals surface area contributed by atoms with E-state index in [0.29, 0.717) is 168 Å². The lowest BCUT2D eigenvalue weighted by atomic mass is 10.1. The second-order valence-corrected chi connectivity index (χ2v) is 14.9. The van der Waals surface area contributed by atoms with Crippen LogP contribution in [0.1, 0.15) is 123 Å². The summed E-state index contributed by atoms with van der Waals surface area (Å²) in [7, 11) is 0. The fourth-order valence-electron chi connectivity index (χ4n) is 6.31. The first-order valence-electron chi connectivity index (χ1n) is 22.0. The Morgan fingerprint density at radius 1 is 0.466 bits per heavy atom. The number of carbonyl (C=O) groups excluding carboxylic acids is 5. The van der Waals surface area contributed by atoms with Crippen LogP contribution in [0.5, 0.6) is 0 Å². The number of nitrogens with one attached hydrogen (secondary N) is 2. The molecule has 0 unspecified atom stereocenters. The third-order valence-corrected chi connectivity index (χ3v) is 9.74. The Bertz CT molecular complexity index is 1170. The van der Waals surface area contributed by atoms with E-state index in [4.69, 9.17) is 34.4 Å². The molecule has 0 saturated carbocycles. The van der Waals surface area contributed by atoms with Gasteiger partial charge in [0.05, 0.1) is 18.1 Å². The normalized spacial score (nSPS) is 13.0. The first-order valence-corrected chi connectivity index (χ1v) is 22.0. The molecular weight excluding hydrogens is 739 g/mol. The molecule has 0 aromatic carbocycles. The van der Waals surface area contributed by atoms with E-state index in [1.807, 2.05) is 38.2 Å². The van der Waals surface area contributed by atoms with Crippen molar-refractivity contribution in [2.24, 2.45) is 34.4 Å².